The Hall–Kier alpha value is -1.88. The fourth-order valence-electron chi connectivity index (χ4n) is 2.15. The number of hydrogen-bond acceptors (Lipinski definition) is 4. The molecule has 21 heavy (non-hydrogen) atoms. The molecule has 0 amide bonds. The molecule has 0 spiro atoms. The number of carbonyl (C=O) groups is 1. The van der Waals surface area contributed by atoms with Gasteiger partial charge in [0, 0.05) is 23.5 Å². The number of fused-ring (bicyclic) bond motifs is 1. The molecule has 1 aromatic rings. The van der Waals surface area contributed by atoms with Gasteiger partial charge in [-0.1, -0.05) is 12.7 Å². The molecule has 0 unspecified atom stereocenters. The van der Waals surface area contributed by atoms with Crippen LogP contribution in [0.4, 0.5) is 4.39 Å². The van der Waals surface area contributed by atoms with Gasteiger partial charge in [0.15, 0.2) is 0 Å². The van der Waals surface area contributed by atoms with E-state index >= 15 is 0 Å². The van der Waals surface area contributed by atoms with Gasteiger partial charge in [0.25, 0.3) is 0 Å². The van der Waals surface area contributed by atoms with Gasteiger partial charge >= 0.3 is 5.97 Å². The Morgan fingerprint density at radius 1 is 1.62 bits per heavy atom. The molecule has 0 fully saturated rings. The highest BCUT2D eigenvalue weighted by atomic mass is 32.1. The van der Waals surface area contributed by atoms with Gasteiger partial charge < -0.3 is 10.1 Å². The van der Waals surface area contributed by atoms with Crippen molar-refractivity contribution in [3.63, 3.8) is 0 Å². The Bertz CT molecular complexity index is 601. The van der Waals surface area contributed by atoms with Crippen molar-refractivity contribution in [1.29, 1.82) is 0 Å². The molecule has 0 aliphatic carbocycles. The average Bonchev–Trinajstić information content (AvgIpc) is 2.74. The second-order valence-electron chi connectivity index (χ2n) is 4.59. The van der Waals surface area contributed by atoms with Crippen molar-refractivity contribution in [2.75, 3.05) is 13.2 Å². The fourth-order valence-corrected chi connectivity index (χ4v) is 3.28. The molecule has 2 heterocycles. The molecule has 0 saturated heterocycles. The number of esters is 1. The molecular weight excluding hydrogens is 289 g/mol. The van der Waals surface area contributed by atoms with Crippen LogP contribution in [0.25, 0.3) is 0 Å². The Labute approximate surface area is 127 Å². The zero-order chi connectivity index (χ0) is 15.2. The minimum Gasteiger partial charge on any atom is -0.462 e. The Kier molecular flexibility index (Phi) is 5.33. The molecule has 1 N–H and O–H groups in total. The number of ether oxygens (including phenoxy) is 1. The first kappa shape index (κ1) is 15.5. The van der Waals surface area contributed by atoms with Gasteiger partial charge in [0.1, 0.15) is 10.7 Å². The van der Waals surface area contributed by atoms with Gasteiger partial charge in [-0.2, -0.15) is 0 Å². The lowest BCUT2D eigenvalue weighted by Crippen LogP contribution is -2.15. The second kappa shape index (κ2) is 7.22. The van der Waals surface area contributed by atoms with E-state index in [1.165, 1.54) is 29.6 Å². The number of carbonyl (C=O) groups excluding carboxylic acids is 1. The van der Waals surface area contributed by atoms with Gasteiger partial charge in [-0.05, 0) is 37.1 Å². The van der Waals surface area contributed by atoms with Crippen LogP contribution in [0.3, 0.4) is 0 Å². The summed E-state index contributed by atoms with van der Waals surface area (Å²) in [5.41, 5.74) is 1.94. The number of hydrogen-bond donors (Lipinski definition) is 1. The summed E-state index contributed by atoms with van der Waals surface area (Å²) >= 11 is 1.42. The van der Waals surface area contributed by atoms with Crippen LogP contribution in [0.15, 0.2) is 42.4 Å². The van der Waals surface area contributed by atoms with Crippen LogP contribution in [0, 0.1) is 0 Å². The zero-order valence-corrected chi connectivity index (χ0v) is 12.8. The molecule has 2 rings (SSSR count). The van der Waals surface area contributed by atoms with Gasteiger partial charge in [-0.15, -0.1) is 11.3 Å². The lowest BCUT2D eigenvalue weighted by molar-refractivity contribution is 0.0532. The summed E-state index contributed by atoms with van der Waals surface area (Å²) < 4.78 is 18.6. The standard InChI is InChI=1S/C16H18FNO2S/c1-3-5-12(17)9-13-10-14-11(6-7-18-13)8-15(21-14)16(19)20-4-2/h3,5,8-9,18H,1,4,6-7,10H2,2H3/b12-5+,13-9+. The van der Waals surface area contributed by atoms with Crippen molar-refractivity contribution in [3.05, 3.63) is 57.7 Å². The number of nitrogens with one attached hydrogen (secondary N) is 1. The molecule has 1 aliphatic rings. The maximum Gasteiger partial charge on any atom is 0.348 e. The highest BCUT2D eigenvalue weighted by Crippen LogP contribution is 2.28. The Balaban J connectivity index is 2.21. The van der Waals surface area contributed by atoms with Crippen LogP contribution in [-0.2, 0) is 17.6 Å². The smallest absolute Gasteiger partial charge is 0.348 e. The third kappa shape index (κ3) is 4.04. The van der Waals surface area contributed by atoms with E-state index in [1.54, 1.807) is 6.92 Å². The lowest BCUT2D eigenvalue weighted by atomic mass is 10.1. The van der Waals surface area contributed by atoms with Crippen LogP contribution in [0.2, 0.25) is 0 Å². The molecule has 0 saturated carbocycles. The molecule has 112 valence electrons. The molecule has 5 heteroatoms. The quantitative estimate of drug-likeness (QED) is 0.683. The van der Waals surface area contributed by atoms with Crippen LogP contribution in [-0.4, -0.2) is 19.1 Å². The molecule has 1 aromatic heterocycles. The zero-order valence-electron chi connectivity index (χ0n) is 11.9. The monoisotopic (exact) mass is 307 g/mol. The summed E-state index contributed by atoms with van der Waals surface area (Å²) in [6, 6.07) is 1.89. The molecule has 0 atom stereocenters. The minimum absolute atomic E-state index is 0.285. The van der Waals surface area contributed by atoms with Crippen LogP contribution in [0.1, 0.15) is 27.0 Å². The van der Waals surface area contributed by atoms with E-state index < -0.39 is 0 Å². The van der Waals surface area contributed by atoms with Gasteiger partial charge in [-0.25, -0.2) is 9.18 Å². The predicted octanol–water partition coefficient (Wildman–Crippen LogP) is 3.54. The molecule has 0 bridgehead atoms. The topological polar surface area (TPSA) is 38.3 Å². The predicted molar refractivity (Wildman–Crippen MR) is 83.2 cm³/mol. The van der Waals surface area contributed by atoms with E-state index in [2.05, 4.69) is 11.9 Å². The van der Waals surface area contributed by atoms with Gasteiger partial charge in [-0.3, -0.25) is 0 Å². The largest absolute Gasteiger partial charge is 0.462 e. The maximum absolute atomic E-state index is 13.5. The van der Waals surface area contributed by atoms with E-state index in [-0.39, 0.29) is 11.8 Å². The van der Waals surface area contributed by atoms with Crippen LogP contribution >= 0.6 is 11.3 Å². The normalized spacial score (nSPS) is 16.9. The lowest BCUT2D eigenvalue weighted by Gasteiger charge is -2.05. The summed E-state index contributed by atoms with van der Waals surface area (Å²) in [5.74, 6) is -0.620. The van der Waals surface area contributed by atoms with E-state index in [1.807, 2.05) is 6.07 Å². The second-order valence-corrected chi connectivity index (χ2v) is 5.73. The van der Waals surface area contributed by atoms with Gasteiger partial charge in [0.2, 0.25) is 0 Å². The highest BCUT2D eigenvalue weighted by Gasteiger charge is 2.18. The van der Waals surface area contributed by atoms with E-state index in [9.17, 15) is 9.18 Å². The first-order chi connectivity index (χ1) is 10.1. The first-order valence-electron chi connectivity index (χ1n) is 6.85. The highest BCUT2D eigenvalue weighted by molar-refractivity contribution is 7.14. The molecule has 0 radical (unpaired) electrons. The Morgan fingerprint density at radius 3 is 3.14 bits per heavy atom. The van der Waals surface area contributed by atoms with Crippen LogP contribution in [0.5, 0.6) is 0 Å². The van der Waals surface area contributed by atoms with Crippen molar-refractivity contribution in [2.24, 2.45) is 0 Å². The number of halogens is 1. The summed E-state index contributed by atoms with van der Waals surface area (Å²) in [6.07, 6.45) is 5.62. The summed E-state index contributed by atoms with van der Waals surface area (Å²) in [6.45, 7) is 6.35. The van der Waals surface area contributed by atoms with E-state index in [0.717, 1.165) is 29.1 Å². The van der Waals surface area contributed by atoms with Crippen molar-refractivity contribution in [1.82, 2.24) is 5.32 Å². The first-order valence-corrected chi connectivity index (χ1v) is 7.67. The van der Waals surface area contributed by atoms with Gasteiger partial charge in [0.05, 0.1) is 6.61 Å². The number of rotatable bonds is 4. The molecule has 1 aliphatic heterocycles. The molecule has 3 nitrogen and oxygen atoms in total. The van der Waals surface area contributed by atoms with Crippen LogP contribution < -0.4 is 5.32 Å². The number of thiophene rings is 1. The Morgan fingerprint density at radius 2 is 2.43 bits per heavy atom. The van der Waals surface area contributed by atoms with Crippen molar-refractivity contribution < 1.29 is 13.9 Å². The van der Waals surface area contributed by atoms with E-state index in [4.69, 9.17) is 4.74 Å². The molecule has 0 aromatic carbocycles. The maximum atomic E-state index is 13.5. The average molecular weight is 307 g/mol. The minimum atomic E-state index is -0.335. The third-order valence-electron chi connectivity index (χ3n) is 3.06. The summed E-state index contributed by atoms with van der Waals surface area (Å²) in [5, 5.41) is 3.21. The number of allylic oxidation sites excluding steroid dienone is 5. The fraction of sp³-hybridized carbons (Fsp3) is 0.312. The van der Waals surface area contributed by atoms with Crippen molar-refractivity contribution >= 4 is 17.3 Å². The summed E-state index contributed by atoms with van der Waals surface area (Å²) in [7, 11) is 0. The molecular formula is C16H18FNO2S. The summed E-state index contributed by atoms with van der Waals surface area (Å²) in [4.78, 5) is 13.5. The van der Waals surface area contributed by atoms with Crippen molar-refractivity contribution in [2.45, 2.75) is 19.8 Å². The SMILES string of the molecule is C=C/C=C(F)\C=C1/Cc2sc(C(=O)OCC)cc2CCN1. The van der Waals surface area contributed by atoms with E-state index in [0.29, 0.717) is 17.9 Å². The third-order valence-corrected chi connectivity index (χ3v) is 4.22. The van der Waals surface area contributed by atoms with Crippen molar-refractivity contribution in [3.8, 4) is 0 Å².